The lowest BCUT2D eigenvalue weighted by Crippen LogP contribution is -2.52. The maximum absolute atomic E-state index is 12.7. The summed E-state index contributed by atoms with van der Waals surface area (Å²) >= 11 is 3.41. The average Bonchev–Trinajstić information content (AvgIpc) is 2.95. The fourth-order valence-electron chi connectivity index (χ4n) is 3.41. The predicted octanol–water partition coefficient (Wildman–Crippen LogP) is 2.51. The second kappa shape index (κ2) is 7.56. The Morgan fingerprint density at radius 1 is 1.15 bits per heavy atom. The van der Waals surface area contributed by atoms with Gasteiger partial charge >= 0.3 is 6.18 Å². The molecule has 0 aliphatic carbocycles. The van der Waals surface area contributed by atoms with E-state index in [0.29, 0.717) is 6.54 Å². The molecule has 142 valence electrons. The monoisotopic (exact) mass is 433 g/mol. The summed E-state index contributed by atoms with van der Waals surface area (Å²) in [5, 5.41) is 0. The zero-order valence-corrected chi connectivity index (χ0v) is 15.6. The van der Waals surface area contributed by atoms with Crippen molar-refractivity contribution in [3.8, 4) is 0 Å². The molecule has 2 aliphatic rings. The van der Waals surface area contributed by atoms with Crippen molar-refractivity contribution in [2.24, 2.45) is 5.92 Å². The van der Waals surface area contributed by atoms with E-state index in [9.17, 15) is 22.8 Å². The van der Waals surface area contributed by atoms with Crippen LogP contribution in [0.2, 0.25) is 0 Å². The molecule has 0 N–H and O–H groups in total. The number of hydrogen-bond donors (Lipinski definition) is 0. The number of anilines is 1. The number of halogens is 4. The van der Waals surface area contributed by atoms with Gasteiger partial charge in [-0.1, -0.05) is 12.1 Å². The molecule has 2 saturated heterocycles. The van der Waals surface area contributed by atoms with Gasteiger partial charge in [-0.15, -0.1) is 0 Å². The smallest absolute Gasteiger partial charge is 0.340 e. The van der Waals surface area contributed by atoms with Gasteiger partial charge in [-0.05, 0) is 28.1 Å². The zero-order valence-electron chi connectivity index (χ0n) is 14.0. The number of carbonyl (C=O) groups is 2. The molecule has 0 aromatic heterocycles. The topological polar surface area (TPSA) is 43.9 Å². The van der Waals surface area contributed by atoms with Gasteiger partial charge in [-0.3, -0.25) is 14.5 Å². The van der Waals surface area contributed by atoms with Crippen molar-refractivity contribution in [3.05, 3.63) is 28.7 Å². The SMILES string of the molecule is O=C(C1CC(=O)N(c2ccccc2Br)C1)N1CCN(CC(F)(F)F)CC1. The van der Waals surface area contributed by atoms with Crippen LogP contribution in [0.1, 0.15) is 6.42 Å². The first-order valence-corrected chi connectivity index (χ1v) is 9.16. The summed E-state index contributed by atoms with van der Waals surface area (Å²) in [5.41, 5.74) is 0.725. The van der Waals surface area contributed by atoms with Crippen LogP contribution in [0.4, 0.5) is 18.9 Å². The van der Waals surface area contributed by atoms with Gasteiger partial charge in [-0.2, -0.15) is 13.2 Å². The van der Waals surface area contributed by atoms with Crippen molar-refractivity contribution in [3.63, 3.8) is 0 Å². The highest BCUT2D eigenvalue weighted by atomic mass is 79.9. The fourth-order valence-corrected chi connectivity index (χ4v) is 3.91. The van der Waals surface area contributed by atoms with Crippen LogP contribution >= 0.6 is 15.9 Å². The first kappa shape index (κ1) is 19.2. The van der Waals surface area contributed by atoms with Gasteiger partial charge in [0.05, 0.1) is 18.2 Å². The third-order valence-electron chi connectivity index (χ3n) is 4.70. The molecule has 5 nitrogen and oxygen atoms in total. The van der Waals surface area contributed by atoms with Gasteiger partial charge in [-0.25, -0.2) is 0 Å². The second-order valence-corrected chi connectivity index (χ2v) is 7.43. The number of nitrogens with zero attached hydrogens (tertiary/aromatic N) is 3. The summed E-state index contributed by atoms with van der Waals surface area (Å²) in [6.45, 7) is 0.249. The van der Waals surface area contributed by atoms with Crippen LogP contribution in [0.15, 0.2) is 28.7 Å². The number of benzene rings is 1. The van der Waals surface area contributed by atoms with E-state index in [0.717, 1.165) is 10.2 Å². The molecule has 3 rings (SSSR count). The Hall–Kier alpha value is -1.61. The standard InChI is InChI=1S/C17H19BrF3N3O2/c18-13-3-1-2-4-14(13)24-10-12(9-15(24)25)16(26)23-7-5-22(6-8-23)11-17(19,20)21/h1-4,12H,5-11H2. The van der Waals surface area contributed by atoms with E-state index in [1.165, 1.54) is 4.90 Å². The van der Waals surface area contributed by atoms with Gasteiger partial charge in [0.1, 0.15) is 0 Å². The van der Waals surface area contributed by atoms with Gasteiger partial charge in [0.25, 0.3) is 0 Å². The summed E-state index contributed by atoms with van der Waals surface area (Å²) in [5.74, 6) is -0.728. The van der Waals surface area contributed by atoms with Crippen LogP contribution in [0.5, 0.6) is 0 Å². The van der Waals surface area contributed by atoms with Crippen molar-refractivity contribution in [1.29, 1.82) is 0 Å². The number of alkyl halides is 3. The van der Waals surface area contributed by atoms with E-state index in [4.69, 9.17) is 0 Å². The first-order chi connectivity index (χ1) is 12.2. The molecule has 1 atom stereocenters. The quantitative estimate of drug-likeness (QED) is 0.735. The minimum absolute atomic E-state index is 0.119. The predicted molar refractivity (Wildman–Crippen MR) is 93.7 cm³/mol. The molecule has 2 heterocycles. The molecule has 2 aliphatic heterocycles. The van der Waals surface area contributed by atoms with Crippen LogP contribution in [0.25, 0.3) is 0 Å². The Balaban J connectivity index is 1.58. The molecule has 1 unspecified atom stereocenters. The summed E-state index contributed by atoms with van der Waals surface area (Å²) in [7, 11) is 0. The number of hydrogen-bond acceptors (Lipinski definition) is 3. The third kappa shape index (κ3) is 4.37. The molecule has 0 bridgehead atoms. The average molecular weight is 434 g/mol. The number of carbonyl (C=O) groups excluding carboxylic acids is 2. The molecule has 0 radical (unpaired) electrons. The van der Waals surface area contributed by atoms with Crippen LogP contribution in [-0.4, -0.2) is 67.1 Å². The maximum atomic E-state index is 12.7. The number of amides is 2. The molecule has 0 saturated carbocycles. The van der Waals surface area contributed by atoms with E-state index >= 15 is 0 Å². The molecule has 2 fully saturated rings. The molecule has 1 aromatic rings. The highest BCUT2D eigenvalue weighted by molar-refractivity contribution is 9.10. The Morgan fingerprint density at radius 3 is 2.42 bits per heavy atom. The lowest BCUT2D eigenvalue weighted by molar-refractivity contribution is -0.152. The van der Waals surface area contributed by atoms with E-state index in [1.54, 1.807) is 9.80 Å². The maximum Gasteiger partial charge on any atom is 0.401 e. The summed E-state index contributed by atoms with van der Waals surface area (Å²) in [6, 6.07) is 7.31. The summed E-state index contributed by atoms with van der Waals surface area (Å²) in [6.07, 6.45) is -4.10. The van der Waals surface area contributed by atoms with E-state index in [-0.39, 0.29) is 44.4 Å². The lowest BCUT2D eigenvalue weighted by atomic mass is 10.1. The van der Waals surface area contributed by atoms with Crippen molar-refractivity contribution in [2.75, 3.05) is 44.2 Å². The van der Waals surface area contributed by atoms with Crippen LogP contribution in [0, 0.1) is 5.92 Å². The summed E-state index contributed by atoms with van der Waals surface area (Å²) < 4.78 is 38.1. The zero-order chi connectivity index (χ0) is 18.9. The Bertz CT molecular complexity index is 690. The largest absolute Gasteiger partial charge is 0.401 e. The highest BCUT2D eigenvalue weighted by Gasteiger charge is 2.39. The van der Waals surface area contributed by atoms with Gasteiger partial charge in [0.2, 0.25) is 11.8 Å². The normalized spacial score (nSPS) is 22.2. The van der Waals surface area contributed by atoms with Crippen LogP contribution in [0.3, 0.4) is 0 Å². The minimum atomic E-state index is -4.23. The molecule has 1 aromatic carbocycles. The van der Waals surface area contributed by atoms with E-state index < -0.39 is 18.6 Å². The van der Waals surface area contributed by atoms with Crippen molar-refractivity contribution >= 4 is 33.4 Å². The minimum Gasteiger partial charge on any atom is -0.340 e. The van der Waals surface area contributed by atoms with Gasteiger partial charge in [0, 0.05) is 43.6 Å². The molecule has 2 amide bonds. The van der Waals surface area contributed by atoms with E-state index in [1.807, 2.05) is 24.3 Å². The van der Waals surface area contributed by atoms with Gasteiger partial charge in [0.15, 0.2) is 0 Å². The Kier molecular flexibility index (Phi) is 5.57. The molecular formula is C17H19BrF3N3O2. The van der Waals surface area contributed by atoms with Crippen LogP contribution in [-0.2, 0) is 9.59 Å². The van der Waals surface area contributed by atoms with Crippen molar-refractivity contribution in [2.45, 2.75) is 12.6 Å². The second-order valence-electron chi connectivity index (χ2n) is 6.57. The van der Waals surface area contributed by atoms with E-state index in [2.05, 4.69) is 15.9 Å². The summed E-state index contributed by atoms with van der Waals surface area (Å²) in [4.78, 5) is 29.5. The molecule has 9 heteroatoms. The lowest BCUT2D eigenvalue weighted by Gasteiger charge is -2.36. The fraction of sp³-hybridized carbons (Fsp3) is 0.529. The Morgan fingerprint density at radius 2 is 1.81 bits per heavy atom. The van der Waals surface area contributed by atoms with Gasteiger partial charge < -0.3 is 9.80 Å². The molecule has 0 spiro atoms. The molecule has 26 heavy (non-hydrogen) atoms. The third-order valence-corrected chi connectivity index (χ3v) is 5.37. The van der Waals surface area contributed by atoms with Crippen molar-refractivity contribution in [1.82, 2.24) is 9.80 Å². The Labute approximate surface area is 157 Å². The van der Waals surface area contributed by atoms with Crippen LogP contribution < -0.4 is 4.90 Å². The molecular weight excluding hydrogens is 415 g/mol. The van der Waals surface area contributed by atoms with Crippen molar-refractivity contribution < 1.29 is 22.8 Å². The highest BCUT2D eigenvalue weighted by Crippen LogP contribution is 2.32. The number of rotatable bonds is 3. The number of para-hydroxylation sites is 1. The first-order valence-electron chi connectivity index (χ1n) is 8.37. The number of piperazine rings is 1.